The highest BCUT2D eigenvalue weighted by Gasteiger charge is 2.31. The Hall–Kier alpha value is -1.87. The molecule has 0 unspecified atom stereocenters. The zero-order chi connectivity index (χ0) is 15.7. The Balaban J connectivity index is 2.07. The highest BCUT2D eigenvalue weighted by molar-refractivity contribution is 7.80. The summed E-state index contributed by atoms with van der Waals surface area (Å²) in [4.78, 5) is 26.0. The molecule has 22 heavy (non-hydrogen) atoms. The topological polar surface area (TPSA) is 34.1 Å². The highest BCUT2D eigenvalue weighted by Crippen LogP contribution is 2.33. The molecule has 0 fully saturated rings. The smallest absolute Gasteiger partial charge is 0.195 e. The van der Waals surface area contributed by atoms with Gasteiger partial charge in [0.1, 0.15) is 0 Å². The van der Waals surface area contributed by atoms with Crippen LogP contribution >= 0.6 is 12.6 Å². The second kappa shape index (κ2) is 6.09. The van der Waals surface area contributed by atoms with Gasteiger partial charge in [-0.05, 0) is 24.5 Å². The second-order valence-electron chi connectivity index (χ2n) is 5.66. The first kappa shape index (κ1) is 15.0. The van der Waals surface area contributed by atoms with Gasteiger partial charge < -0.3 is 0 Å². The summed E-state index contributed by atoms with van der Waals surface area (Å²) in [7, 11) is 0. The van der Waals surface area contributed by atoms with Gasteiger partial charge in [0, 0.05) is 27.1 Å². The number of aryl methyl sites for hydroxylation is 1. The van der Waals surface area contributed by atoms with Gasteiger partial charge in [-0.2, -0.15) is 0 Å². The third kappa shape index (κ3) is 2.40. The first-order valence-corrected chi connectivity index (χ1v) is 8.13. The molecule has 3 heteroatoms. The Bertz CT molecular complexity index is 762. The van der Waals surface area contributed by atoms with Crippen molar-refractivity contribution >= 4 is 24.2 Å². The van der Waals surface area contributed by atoms with Crippen molar-refractivity contribution in [2.75, 3.05) is 0 Å². The highest BCUT2D eigenvalue weighted by atomic mass is 32.1. The van der Waals surface area contributed by atoms with E-state index in [1.807, 2.05) is 6.07 Å². The molecule has 3 rings (SSSR count). The van der Waals surface area contributed by atoms with E-state index in [9.17, 15) is 9.59 Å². The maximum atomic E-state index is 12.8. The lowest BCUT2D eigenvalue weighted by molar-refractivity contribution is 0.0977. The van der Waals surface area contributed by atoms with Crippen molar-refractivity contribution in [3.63, 3.8) is 0 Å². The number of hydrogen-bond donors (Lipinski definition) is 1. The van der Waals surface area contributed by atoms with Gasteiger partial charge in [0.05, 0.1) is 0 Å². The molecule has 2 aromatic carbocycles. The molecule has 0 amide bonds. The van der Waals surface area contributed by atoms with Crippen LogP contribution in [0.2, 0.25) is 0 Å². The summed E-state index contributed by atoms with van der Waals surface area (Å²) in [5.74, 6) is -0.173. The molecule has 0 atom stereocenters. The number of fused-ring (bicyclic) bond motifs is 2. The number of unbranched alkanes of at least 4 members (excludes halogenated alkanes) is 2. The molecular formula is C19H18O2S. The van der Waals surface area contributed by atoms with Crippen LogP contribution in [0.25, 0.3) is 0 Å². The van der Waals surface area contributed by atoms with Gasteiger partial charge in [0.15, 0.2) is 11.6 Å². The second-order valence-corrected chi connectivity index (χ2v) is 6.10. The van der Waals surface area contributed by atoms with Gasteiger partial charge in [-0.1, -0.05) is 50.1 Å². The first-order valence-electron chi connectivity index (χ1n) is 7.68. The molecule has 0 bridgehead atoms. The average molecular weight is 310 g/mol. The molecule has 1 aliphatic carbocycles. The molecule has 2 nitrogen and oxygen atoms in total. The first-order chi connectivity index (χ1) is 10.6. The van der Waals surface area contributed by atoms with E-state index in [-0.39, 0.29) is 11.6 Å². The van der Waals surface area contributed by atoms with E-state index >= 15 is 0 Å². The lowest BCUT2D eigenvalue weighted by Crippen LogP contribution is -2.22. The minimum Gasteiger partial charge on any atom is -0.289 e. The third-order valence-corrected chi connectivity index (χ3v) is 4.71. The van der Waals surface area contributed by atoms with Gasteiger partial charge in [0.25, 0.3) is 0 Å². The van der Waals surface area contributed by atoms with Crippen LogP contribution in [0.3, 0.4) is 0 Å². The molecule has 0 aliphatic heterocycles. The molecular weight excluding hydrogens is 292 g/mol. The Kier molecular flexibility index (Phi) is 4.16. The summed E-state index contributed by atoms with van der Waals surface area (Å²) in [6.45, 7) is 2.16. The summed E-state index contributed by atoms with van der Waals surface area (Å²) < 4.78 is 0. The van der Waals surface area contributed by atoms with Crippen molar-refractivity contribution in [2.45, 2.75) is 37.5 Å². The van der Waals surface area contributed by atoms with E-state index in [2.05, 4.69) is 19.6 Å². The lowest BCUT2D eigenvalue weighted by Gasteiger charge is -2.20. The van der Waals surface area contributed by atoms with Crippen LogP contribution in [0.4, 0.5) is 0 Å². The number of hydrogen-bond acceptors (Lipinski definition) is 3. The Morgan fingerprint density at radius 2 is 1.55 bits per heavy atom. The molecule has 0 saturated heterocycles. The number of benzene rings is 2. The van der Waals surface area contributed by atoms with E-state index in [4.69, 9.17) is 0 Å². The van der Waals surface area contributed by atoms with Gasteiger partial charge in [-0.15, -0.1) is 12.6 Å². The van der Waals surface area contributed by atoms with E-state index in [1.54, 1.807) is 30.3 Å². The average Bonchev–Trinajstić information content (AvgIpc) is 2.54. The SMILES string of the molecule is CCCCCc1ccc2c(c1S)C(=O)c1ccccc1C2=O. The van der Waals surface area contributed by atoms with Crippen LogP contribution in [0.5, 0.6) is 0 Å². The van der Waals surface area contributed by atoms with Crippen LogP contribution in [0.1, 0.15) is 63.6 Å². The largest absolute Gasteiger partial charge is 0.289 e. The Labute approximate surface area is 136 Å². The minimum atomic E-state index is -0.0902. The fraction of sp³-hybridized carbons (Fsp3) is 0.263. The molecule has 0 N–H and O–H groups in total. The molecule has 0 spiro atoms. The fourth-order valence-corrected chi connectivity index (χ4v) is 3.39. The van der Waals surface area contributed by atoms with Crippen molar-refractivity contribution in [1.29, 1.82) is 0 Å². The van der Waals surface area contributed by atoms with Crippen molar-refractivity contribution in [1.82, 2.24) is 0 Å². The maximum absolute atomic E-state index is 12.8. The van der Waals surface area contributed by atoms with E-state index in [0.717, 1.165) is 31.2 Å². The standard InChI is InChI=1S/C19H18O2S/c1-2-3-4-7-12-10-11-15-16(19(12)22)18(21)14-9-6-5-8-13(14)17(15)20/h5-6,8-11,22H,2-4,7H2,1H3. The van der Waals surface area contributed by atoms with Crippen molar-refractivity contribution < 1.29 is 9.59 Å². The number of rotatable bonds is 4. The van der Waals surface area contributed by atoms with E-state index in [0.29, 0.717) is 27.1 Å². The molecule has 0 saturated carbocycles. The molecule has 0 heterocycles. The predicted octanol–water partition coefficient (Wildman–Crippen LogP) is 4.48. The van der Waals surface area contributed by atoms with Gasteiger partial charge in [-0.25, -0.2) is 0 Å². The molecule has 1 aliphatic rings. The van der Waals surface area contributed by atoms with Gasteiger partial charge in [0.2, 0.25) is 0 Å². The predicted molar refractivity (Wildman–Crippen MR) is 90.2 cm³/mol. The van der Waals surface area contributed by atoms with Crippen LogP contribution in [-0.2, 0) is 6.42 Å². The van der Waals surface area contributed by atoms with Crippen molar-refractivity contribution in [2.24, 2.45) is 0 Å². The maximum Gasteiger partial charge on any atom is 0.195 e. The Morgan fingerprint density at radius 3 is 2.23 bits per heavy atom. The molecule has 112 valence electrons. The summed E-state index contributed by atoms with van der Waals surface area (Å²) in [6, 6.07) is 10.7. The lowest BCUT2D eigenvalue weighted by atomic mass is 9.83. The number of thiol groups is 1. The fourth-order valence-electron chi connectivity index (χ4n) is 2.98. The zero-order valence-electron chi connectivity index (χ0n) is 12.6. The number of ketones is 2. The van der Waals surface area contributed by atoms with E-state index in [1.165, 1.54) is 0 Å². The van der Waals surface area contributed by atoms with Crippen molar-refractivity contribution in [3.05, 3.63) is 64.2 Å². The van der Waals surface area contributed by atoms with Crippen LogP contribution < -0.4 is 0 Å². The minimum absolute atomic E-state index is 0.0828. The third-order valence-electron chi connectivity index (χ3n) is 4.20. The van der Waals surface area contributed by atoms with Gasteiger partial charge in [-0.3, -0.25) is 9.59 Å². The summed E-state index contributed by atoms with van der Waals surface area (Å²) in [5.41, 5.74) is 2.98. The number of carbonyl (C=O) groups excluding carboxylic acids is 2. The quantitative estimate of drug-likeness (QED) is 0.569. The molecule has 2 aromatic rings. The summed E-state index contributed by atoms with van der Waals surface area (Å²) in [6.07, 6.45) is 4.27. The van der Waals surface area contributed by atoms with Gasteiger partial charge >= 0.3 is 0 Å². The normalized spacial score (nSPS) is 13.0. The molecule has 0 radical (unpaired) electrons. The molecule has 0 aromatic heterocycles. The summed E-state index contributed by atoms with van der Waals surface area (Å²) in [5, 5.41) is 0. The van der Waals surface area contributed by atoms with Crippen LogP contribution in [0.15, 0.2) is 41.3 Å². The van der Waals surface area contributed by atoms with Crippen LogP contribution in [-0.4, -0.2) is 11.6 Å². The zero-order valence-corrected chi connectivity index (χ0v) is 13.5. The Morgan fingerprint density at radius 1 is 0.864 bits per heavy atom. The number of carbonyl (C=O) groups is 2. The van der Waals surface area contributed by atoms with Crippen molar-refractivity contribution in [3.8, 4) is 0 Å². The van der Waals surface area contributed by atoms with E-state index < -0.39 is 0 Å². The van der Waals surface area contributed by atoms with Crippen LogP contribution in [0, 0.1) is 0 Å². The monoisotopic (exact) mass is 310 g/mol. The summed E-state index contributed by atoms with van der Waals surface area (Å²) >= 11 is 4.57.